The van der Waals surface area contributed by atoms with Crippen LogP contribution in [0.5, 0.6) is 5.19 Å². The molecule has 0 bridgehead atoms. The van der Waals surface area contributed by atoms with Gasteiger partial charge in [0, 0.05) is 50.0 Å². The van der Waals surface area contributed by atoms with Gasteiger partial charge in [-0.15, -0.1) is 0 Å². The van der Waals surface area contributed by atoms with Gasteiger partial charge in [-0.1, -0.05) is 17.4 Å². The highest BCUT2D eigenvalue weighted by molar-refractivity contribution is 7.13. The number of Topliss-reactive ketones (excluding diaryl/α,β-unsaturated/α-hetero) is 1. The van der Waals surface area contributed by atoms with E-state index in [1.807, 2.05) is 6.92 Å². The van der Waals surface area contributed by atoms with Gasteiger partial charge in [-0.05, 0) is 57.4 Å². The third-order valence-electron chi connectivity index (χ3n) is 7.44. The zero-order chi connectivity index (χ0) is 26.6. The normalized spacial score (nSPS) is 22.9. The number of fused-ring (bicyclic) bond motifs is 1. The summed E-state index contributed by atoms with van der Waals surface area (Å²) in [6.45, 7) is 2.92. The van der Waals surface area contributed by atoms with Gasteiger partial charge in [-0.2, -0.15) is 13.2 Å². The third kappa shape index (κ3) is 7.40. The minimum atomic E-state index is -4.39. The maximum absolute atomic E-state index is 15.6. The Morgan fingerprint density at radius 3 is 2.65 bits per heavy atom. The Kier molecular flexibility index (Phi) is 8.73. The van der Waals surface area contributed by atoms with Crippen molar-refractivity contribution in [2.45, 2.75) is 76.7 Å². The number of alkyl halides is 4. The number of pyridine rings is 1. The molecule has 1 aliphatic heterocycles. The first-order valence-corrected chi connectivity index (χ1v) is 13.7. The molecule has 2 aliphatic rings. The van der Waals surface area contributed by atoms with E-state index in [4.69, 9.17) is 4.74 Å². The van der Waals surface area contributed by atoms with Crippen LogP contribution in [0.2, 0.25) is 0 Å². The van der Waals surface area contributed by atoms with Gasteiger partial charge < -0.3 is 14.2 Å². The average molecular weight is 544 g/mol. The minimum Gasteiger partial charge on any atom is -0.460 e. The molecule has 6 nitrogen and oxygen atoms in total. The molecular weight excluding hydrogens is 510 g/mol. The van der Waals surface area contributed by atoms with Crippen molar-refractivity contribution in [3.63, 3.8) is 0 Å². The van der Waals surface area contributed by atoms with Crippen LogP contribution < -0.4 is 10.3 Å². The Hall–Kier alpha value is -2.27. The Morgan fingerprint density at radius 2 is 1.95 bits per heavy atom. The van der Waals surface area contributed by atoms with Crippen molar-refractivity contribution in [1.82, 2.24) is 14.5 Å². The number of hydrogen-bond donors (Lipinski definition) is 0. The largest absolute Gasteiger partial charge is 0.460 e. The summed E-state index contributed by atoms with van der Waals surface area (Å²) < 4.78 is 59.0. The summed E-state index contributed by atoms with van der Waals surface area (Å²) in [4.78, 5) is 32.2. The Morgan fingerprint density at radius 1 is 1.22 bits per heavy atom. The molecule has 0 amide bonds. The SMILES string of the molecule is CCn1c(C(=O)CC2CCC(F)(CCN3CCc4nc(OCC(F)(F)F)sc4CC3)CC2)cccc1=O. The fraction of sp³-hybridized carbons (Fsp3) is 0.654. The molecule has 11 heteroatoms. The summed E-state index contributed by atoms with van der Waals surface area (Å²) in [5, 5.41) is 0.0546. The quantitative estimate of drug-likeness (QED) is 0.320. The molecule has 0 N–H and O–H groups in total. The van der Waals surface area contributed by atoms with Crippen molar-refractivity contribution in [3.8, 4) is 5.19 Å². The van der Waals surface area contributed by atoms with Gasteiger partial charge in [0.1, 0.15) is 5.67 Å². The lowest BCUT2D eigenvalue weighted by Gasteiger charge is -2.35. The molecule has 0 saturated heterocycles. The Bertz CT molecular complexity index is 1110. The van der Waals surface area contributed by atoms with Gasteiger partial charge in [-0.25, -0.2) is 9.37 Å². The van der Waals surface area contributed by atoms with Gasteiger partial charge in [0.05, 0.1) is 11.4 Å². The molecule has 2 aromatic rings. The van der Waals surface area contributed by atoms with E-state index < -0.39 is 18.5 Å². The number of ketones is 1. The first-order chi connectivity index (χ1) is 17.5. The lowest BCUT2D eigenvalue weighted by molar-refractivity contribution is -0.153. The second kappa shape index (κ2) is 11.6. The van der Waals surface area contributed by atoms with Crippen LogP contribution >= 0.6 is 11.3 Å². The number of rotatable bonds is 9. The second-order valence-electron chi connectivity index (χ2n) is 10.1. The molecule has 3 heterocycles. The van der Waals surface area contributed by atoms with E-state index in [9.17, 15) is 22.8 Å². The van der Waals surface area contributed by atoms with Crippen LogP contribution in [0.1, 0.15) is 66.5 Å². The Balaban J connectivity index is 1.22. The molecule has 1 fully saturated rings. The molecule has 0 aromatic carbocycles. The molecular formula is C26H33F4N3O3S. The van der Waals surface area contributed by atoms with Crippen LogP contribution in [0.15, 0.2) is 23.0 Å². The van der Waals surface area contributed by atoms with Crippen LogP contribution in [-0.4, -0.2) is 58.3 Å². The van der Waals surface area contributed by atoms with Crippen LogP contribution in [0, 0.1) is 5.92 Å². The summed E-state index contributed by atoms with van der Waals surface area (Å²) in [5.74, 6) is 0.0551. The zero-order valence-corrected chi connectivity index (χ0v) is 21.8. The molecule has 0 unspecified atom stereocenters. The van der Waals surface area contributed by atoms with E-state index in [-0.39, 0.29) is 22.5 Å². The van der Waals surface area contributed by atoms with Crippen LogP contribution in [0.3, 0.4) is 0 Å². The lowest BCUT2D eigenvalue weighted by atomic mass is 9.76. The van der Waals surface area contributed by atoms with Crippen LogP contribution in [-0.2, 0) is 19.4 Å². The predicted molar refractivity (Wildman–Crippen MR) is 133 cm³/mol. The molecule has 4 rings (SSSR count). The molecule has 0 atom stereocenters. The number of aromatic nitrogens is 2. The summed E-state index contributed by atoms with van der Waals surface area (Å²) in [6, 6.07) is 4.73. The molecule has 0 spiro atoms. The number of thiazole rings is 1. The lowest BCUT2D eigenvalue weighted by Crippen LogP contribution is -2.36. The maximum Gasteiger partial charge on any atom is 0.422 e. The highest BCUT2D eigenvalue weighted by Gasteiger charge is 2.36. The van der Waals surface area contributed by atoms with Gasteiger partial charge in [0.25, 0.3) is 10.8 Å². The smallest absolute Gasteiger partial charge is 0.422 e. The van der Waals surface area contributed by atoms with E-state index in [0.717, 1.165) is 21.9 Å². The highest BCUT2D eigenvalue weighted by Crippen LogP contribution is 2.39. The number of ether oxygens (including phenoxy) is 1. The number of carbonyl (C=O) groups is 1. The first kappa shape index (κ1) is 27.8. The summed E-state index contributed by atoms with van der Waals surface area (Å²) in [5.41, 5.74) is -0.243. The summed E-state index contributed by atoms with van der Waals surface area (Å²) in [7, 11) is 0. The van der Waals surface area contributed by atoms with Crippen molar-refractivity contribution in [2.24, 2.45) is 5.92 Å². The molecule has 204 valence electrons. The molecule has 1 saturated carbocycles. The van der Waals surface area contributed by atoms with Crippen molar-refractivity contribution in [3.05, 3.63) is 44.8 Å². The Labute approximate surface area is 217 Å². The third-order valence-corrected chi connectivity index (χ3v) is 8.51. The van der Waals surface area contributed by atoms with Gasteiger partial charge in [0.15, 0.2) is 12.4 Å². The average Bonchev–Trinajstić information content (AvgIpc) is 3.15. The van der Waals surface area contributed by atoms with Crippen molar-refractivity contribution < 1.29 is 27.1 Å². The topological polar surface area (TPSA) is 64.4 Å². The monoisotopic (exact) mass is 543 g/mol. The summed E-state index contributed by atoms with van der Waals surface area (Å²) in [6.07, 6.45) is -0.246. The molecule has 2 aromatic heterocycles. The van der Waals surface area contributed by atoms with E-state index in [1.54, 1.807) is 12.1 Å². The van der Waals surface area contributed by atoms with Gasteiger partial charge in [0.2, 0.25) is 0 Å². The van der Waals surface area contributed by atoms with E-state index in [1.165, 1.54) is 10.6 Å². The van der Waals surface area contributed by atoms with Crippen molar-refractivity contribution >= 4 is 17.1 Å². The molecule has 0 radical (unpaired) electrons. The fourth-order valence-corrected chi connectivity index (χ4v) is 6.22. The first-order valence-electron chi connectivity index (χ1n) is 12.9. The van der Waals surface area contributed by atoms with E-state index >= 15 is 4.39 Å². The van der Waals surface area contributed by atoms with Gasteiger partial charge in [-0.3, -0.25) is 9.59 Å². The number of carbonyl (C=O) groups excluding carboxylic acids is 1. The standard InChI is InChI=1S/C26H33F4N3O3S/c1-2-33-20(4-3-5-23(33)35)21(34)16-18-6-10-25(27,11-7-18)12-15-32-13-8-19-22(9-14-32)37-24(31-19)36-17-26(28,29)30/h3-5,18H,2,6-17H2,1H3. The fourth-order valence-electron chi connectivity index (χ4n) is 5.28. The summed E-state index contributed by atoms with van der Waals surface area (Å²) >= 11 is 1.16. The van der Waals surface area contributed by atoms with Crippen LogP contribution in [0.4, 0.5) is 17.6 Å². The zero-order valence-electron chi connectivity index (χ0n) is 21.0. The maximum atomic E-state index is 15.6. The predicted octanol–water partition coefficient (Wildman–Crippen LogP) is 5.23. The van der Waals surface area contributed by atoms with Gasteiger partial charge >= 0.3 is 6.18 Å². The van der Waals surface area contributed by atoms with Crippen molar-refractivity contribution in [2.75, 3.05) is 26.2 Å². The minimum absolute atomic E-state index is 0.0546. The van der Waals surface area contributed by atoms with Crippen molar-refractivity contribution in [1.29, 1.82) is 0 Å². The number of hydrogen-bond acceptors (Lipinski definition) is 6. The highest BCUT2D eigenvalue weighted by atomic mass is 32.1. The molecule has 37 heavy (non-hydrogen) atoms. The molecule has 1 aliphatic carbocycles. The number of halogens is 4. The van der Waals surface area contributed by atoms with Crippen LogP contribution in [0.25, 0.3) is 0 Å². The number of nitrogens with zero attached hydrogens (tertiary/aromatic N) is 3. The second-order valence-corrected chi connectivity index (χ2v) is 11.1. The van der Waals surface area contributed by atoms with E-state index in [2.05, 4.69) is 9.88 Å². The van der Waals surface area contributed by atoms with E-state index in [0.29, 0.717) is 83.2 Å².